The molecule has 2 rings (SSSR count). The van der Waals surface area contributed by atoms with Gasteiger partial charge in [0.15, 0.2) is 0 Å². The lowest BCUT2D eigenvalue weighted by Crippen LogP contribution is -2.32. The van der Waals surface area contributed by atoms with Gasteiger partial charge in [0.2, 0.25) is 0 Å². The summed E-state index contributed by atoms with van der Waals surface area (Å²) in [6.45, 7) is 2.23. The van der Waals surface area contributed by atoms with Crippen LogP contribution in [0, 0.1) is 0 Å². The summed E-state index contributed by atoms with van der Waals surface area (Å²) >= 11 is 0. The van der Waals surface area contributed by atoms with E-state index < -0.39 is 6.09 Å². The number of carbonyl (C=O) groups excluding carboxylic acids is 1. The van der Waals surface area contributed by atoms with Crippen LogP contribution in [0.3, 0.4) is 0 Å². The molecule has 0 unspecified atom stereocenters. The Morgan fingerprint density at radius 3 is 2.45 bits per heavy atom. The van der Waals surface area contributed by atoms with Gasteiger partial charge in [0, 0.05) is 11.7 Å². The highest BCUT2D eigenvalue weighted by Crippen LogP contribution is 2.24. The highest BCUT2D eigenvalue weighted by molar-refractivity contribution is 5.64. The fourth-order valence-electron chi connectivity index (χ4n) is 3.07. The summed E-state index contributed by atoms with van der Waals surface area (Å²) in [6, 6.07) is 9.25. The van der Waals surface area contributed by atoms with Crippen LogP contribution in [0.1, 0.15) is 57.4 Å². The van der Waals surface area contributed by atoms with Crippen LogP contribution in [0.2, 0.25) is 0 Å². The van der Waals surface area contributed by atoms with Crippen LogP contribution in [0.5, 0.6) is 0 Å². The molecule has 0 aliphatic heterocycles. The van der Waals surface area contributed by atoms with E-state index in [0.29, 0.717) is 6.04 Å². The van der Waals surface area contributed by atoms with Crippen LogP contribution in [0.15, 0.2) is 24.3 Å². The molecule has 1 saturated carbocycles. The first-order valence-electron chi connectivity index (χ1n) is 8.49. The minimum Gasteiger partial charge on any atom is -0.446 e. The fourth-order valence-corrected chi connectivity index (χ4v) is 3.07. The Morgan fingerprint density at radius 1 is 1.18 bits per heavy atom. The highest BCUT2D eigenvalue weighted by atomic mass is 16.6. The van der Waals surface area contributed by atoms with Gasteiger partial charge in [-0.05, 0) is 56.2 Å². The van der Waals surface area contributed by atoms with Crippen molar-refractivity contribution in [3.05, 3.63) is 29.8 Å². The van der Waals surface area contributed by atoms with Crippen molar-refractivity contribution in [1.29, 1.82) is 0 Å². The first kappa shape index (κ1) is 16.7. The molecule has 1 fully saturated rings. The van der Waals surface area contributed by atoms with Crippen molar-refractivity contribution in [3.8, 4) is 0 Å². The fraction of sp³-hybridized carbons (Fsp3) is 0.611. The molecule has 1 aliphatic carbocycles. The predicted molar refractivity (Wildman–Crippen MR) is 90.0 cm³/mol. The van der Waals surface area contributed by atoms with Crippen LogP contribution < -0.4 is 11.1 Å². The molecule has 0 spiro atoms. The average Bonchev–Trinajstić information content (AvgIpc) is 2.51. The largest absolute Gasteiger partial charge is 0.446 e. The number of hydrogen-bond donors (Lipinski definition) is 2. The number of nitrogens with two attached hydrogens (primary N) is 1. The van der Waals surface area contributed by atoms with Crippen molar-refractivity contribution in [2.75, 3.05) is 5.32 Å². The number of rotatable bonds is 7. The first-order valence-corrected chi connectivity index (χ1v) is 8.49. The smallest absolute Gasteiger partial charge is 0.404 e. The predicted octanol–water partition coefficient (Wildman–Crippen LogP) is 4.24. The molecule has 1 aromatic rings. The van der Waals surface area contributed by atoms with Crippen LogP contribution >= 0.6 is 0 Å². The third-order valence-electron chi connectivity index (χ3n) is 4.35. The summed E-state index contributed by atoms with van der Waals surface area (Å²) < 4.78 is 5.06. The zero-order chi connectivity index (χ0) is 15.8. The van der Waals surface area contributed by atoms with Gasteiger partial charge in [0.05, 0.1) is 0 Å². The Balaban J connectivity index is 1.74. The summed E-state index contributed by atoms with van der Waals surface area (Å²) in [5.74, 6) is 0. The second-order valence-corrected chi connectivity index (χ2v) is 6.21. The summed E-state index contributed by atoms with van der Waals surface area (Å²) in [6.07, 6.45) is 8.14. The number of unbranched alkanes of at least 4 members (excludes halogenated alkanes) is 2. The Labute approximate surface area is 133 Å². The lowest BCUT2D eigenvalue weighted by Gasteiger charge is -2.29. The van der Waals surface area contributed by atoms with E-state index in [-0.39, 0.29) is 6.10 Å². The van der Waals surface area contributed by atoms with Crippen molar-refractivity contribution in [1.82, 2.24) is 0 Å². The van der Waals surface area contributed by atoms with E-state index in [4.69, 9.17) is 10.5 Å². The van der Waals surface area contributed by atoms with Crippen LogP contribution in [0.25, 0.3) is 0 Å². The number of nitrogens with one attached hydrogen (secondary N) is 1. The molecule has 4 nitrogen and oxygen atoms in total. The van der Waals surface area contributed by atoms with Gasteiger partial charge in [-0.3, -0.25) is 0 Å². The minimum atomic E-state index is -0.657. The van der Waals surface area contributed by atoms with Crippen molar-refractivity contribution in [2.24, 2.45) is 5.73 Å². The summed E-state index contributed by atoms with van der Waals surface area (Å²) in [5, 5.41) is 3.58. The van der Waals surface area contributed by atoms with Crippen molar-refractivity contribution in [3.63, 3.8) is 0 Å². The van der Waals surface area contributed by atoms with Crippen molar-refractivity contribution < 1.29 is 9.53 Å². The number of hydrogen-bond acceptors (Lipinski definition) is 3. The van der Waals surface area contributed by atoms with Gasteiger partial charge in [0.1, 0.15) is 6.10 Å². The second-order valence-electron chi connectivity index (χ2n) is 6.21. The molecule has 1 aliphatic rings. The quantitative estimate of drug-likeness (QED) is 0.741. The SMILES string of the molecule is CCCCCc1ccc(NC2CCC(OC(N)=O)CC2)cc1. The maximum absolute atomic E-state index is 10.8. The maximum atomic E-state index is 10.8. The third kappa shape index (κ3) is 5.58. The lowest BCUT2D eigenvalue weighted by atomic mass is 9.92. The molecule has 0 saturated heterocycles. The standard InChI is InChI=1S/C18H28N2O2/c1-2-3-4-5-14-6-8-15(9-7-14)20-16-10-12-17(13-11-16)22-18(19)21/h6-9,16-17,20H,2-5,10-13H2,1H3,(H2,19,21). The molecule has 3 N–H and O–H groups in total. The van der Waals surface area contributed by atoms with Gasteiger partial charge in [0.25, 0.3) is 0 Å². The Kier molecular flexibility index (Phi) is 6.56. The van der Waals surface area contributed by atoms with Gasteiger partial charge in [-0.15, -0.1) is 0 Å². The number of carbonyl (C=O) groups is 1. The highest BCUT2D eigenvalue weighted by Gasteiger charge is 2.23. The molecule has 0 aromatic heterocycles. The lowest BCUT2D eigenvalue weighted by molar-refractivity contribution is 0.0806. The maximum Gasteiger partial charge on any atom is 0.404 e. The molecular formula is C18H28N2O2. The van der Waals surface area contributed by atoms with E-state index in [1.54, 1.807) is 0 Å². The molecular weight excluding hydrogens is 276 g/mol. The van der Waals surface area contributed by atoms with E-state index in [1.807, 2.05) is 0 Å². The number of benzene rings is 1. The van der Waals surface area contributed by atoms with E-state index in [1.165, 1.54) is 36.9 Å². The number of amides is 1. The second kappa shape index (κ2) is 8.66. The monoisotopic (exact) mass is 304 g/mol. The molecule has 1 aromatic carbocycles. The van der Waals surface area contributed by atoms with Gasteiger partial charge in [-0.1, -0.05) is 31.9 Å². The number of ether oxygens (including phenoxy) is 1. The summed E-state index contributed by atoms with van der Waals surface area (Å²) in [4.78, 5) is 10.8. The van der Waals surface area contributed by atoms with Crippen molar-refractivity contribution >= 4 is 11.8 Å². The molecule has 0 atom stereocenters. The van der Waals surface area contributed by atoms with Crippen LogP contribution in [-0.2, 0) is 11.2 Å². The number of primary amides is 1. The van der Waals surface area contributed by atoms with Gasteiger partial charge >= 0.3 is 6.09 Å². The molecule has 1 amide bonds. The molecule has 122 valence electrons. The van der Waals surface area contributed by atoms with E-state index in [9.17, 15) is 4.79 Å². The van der Waals surface area contributed by atoms with E-state index in [2.05, 4.69) is 36.5 Å². The first-order chi connectivity index (χ1) is 10.7. The molecule has 22 heavy (non-hydrogen) atoms. The summed E-state index contributed by atoms with van der Waals surface area (Å²) in [5.41, 5.74) is 7.66. The zero-order valence-electron chi connectivity index (χ0n) is 13.5. The Morgan fingerprint density at radius 2 is 1.86 bits per heavy atom. The van der Waals surface area contributed by atoms with Crippen molar-refractivity contribution in [2.45, 2.75) is 70.4 Å². The average molecular weight is 304 g/mol. The zero-order valence-corrected chi connectivity index (χ0v) is 13.5. The third-order valence-corrected chi connectivity index (χ3v) is 4.35. The molecule has 0 radical (unpaired) electrons. The van der Waals surface area contributed by atoms with Gasteiger partial charge in [-0.25, -0.2) is 4.79 Å². The summed E-state index contributed by atoms with van der Waals surface area (Å²) in [7, 11) is 0. The number of aryl methyl sites for hydroxylation is 1. The molecule has 0 heterocycles. The molecule has 4 heteroatoms. The minimum absolute atomic E-state index is 0.00325. The van der Waals surface area contributed by atoms with Crippen LogP contribution in [-0.4, -0.2) is 18.2 Å². The Hall–Kier alpha value is -1.71. The Bertz CT molecular complexity index is 451. The van der Waals surface area contributed by atoms with E-state index >= 15 is 0 Å². The van der Waals surface area contributed by atoms with E-state index in [0.717, 1.165) is 25.7 Å². The van der Waals surface area contributed by atoms with Gasteiger partial charge in [-0.2, -0.15) is 0 Å². The number of anilines is 1. The van der Waals surface area contributed by atoms with Gasteiger partial charge < -0.3 is 15.8 Å². The normalized spacial score (nSPS) is 21.3. The molecule has 0 bridgehead atoms. The van der Waals surface area contributed by atoms with Crippen LogP contribution in [0.4, 0.5) is 10.5 Å². The topological polar surface area (TPSA) is 64.3 Å².